The maximum atomic E-state index is 5.51. The first-order chi connectivity index (χ1) is 12.7. The van der Waals surface area contributed by atoms with Crippen molar-refractivity contribution in [3.05, 3.63) is 60.1 Å². The van der Waals surface area contributed by atoms with E-state index in [2.05, 4.69) is 10.00 Å². The fourth-order valence-electron chi connectivity index (χ4n) is 3.64. The molecule has 0 bridgehead atoms. The Balaban J connectivity index is 1.56. The van der Waals surface area contributed by atoms with Gasteiger partial charge in [-0.1, -0.05) is 0 Å². The molecule has 6 nitrogen and oxygen atoms in total. The van der Waals surface area contributed by atoms with E-state index in [-0.39, 0.29) is 0 Å². The summed E-state index contributed by atoms with van der Waals surface area (Å²) >= 11 is 0. The molecule has 1 aromatic carbocycles. The van der Waals surface area contributed by atoms with Crippen LogP contribution in [0.4, 0.5) is 0 Å². The van der Waals surface area contributed by atoms with E-state index in [4.69, 9.17) is 14.1 Å². The molecular formula is C20H24N4O2. The maximum Gasteiger partial charge on any atom is 0.148 e. The predicted octanol–water partition coefficient (Wildman–Crippen LogP) is 3.56. The molecule has 0 saturated carbocycles. The Morgan fingerprint density at radius 3 is 2.81 bits per heavy atom. The second-order valence-corrected chi connectivity index (χ2v) is 6.78. The largest absolute Gasteiger partial charge is 0.497 e. The van der Waals surface area contributed by atoms with Crippen LogP contribution in [-0.4, -0.2) is 39.9 Å². The van der Waals surface area contributed by atoms with E-state index < -0.39 is 0 Å². The minimum Gasteiger partial charge on any atom is -0.497 e. The summed E-state index contributed by atoms with van der Waals surface area (Å²) in [6.07, 6.45) is 4.02. The zero-order chi connectivity index (χ0) is 17.9. The Bertz CT molecular complexity index is 839. The molecule has 0 radical (unpaired) electrons. The van der Waals surface area contributed by atoms with E-state index >= 15 is 0 Å². The summed E-state index contributed by atoms with van der Waals surface area (Å²) in [5.74, 6) is 4.06. The smallest absolute Gasteiger partial charge is 0.148 e. The fraction of sp³-hybridized carbons (Fsp3) is 0.400. The third-order valence-electron chi connectivity index (χ3n) is 4.89. The minimum atomic E-state index is 0.363. The molecule has 6 heteroatoms. The number of nitrogens with zero attached hydrogens (tertiary/aromatic N) is 4. The molecule has 0 N–H and O–H groups in total. The van der Waals surface area contributed by atoms with Crippen LogP contribution < -0.4 is 4.74 Å². The van der Waals surface area contributed by atoms with E-state index in [1.165, 1.54) is 0 Å². The normalized spacial score (nSPS) is 18.2. The van der Waals surface area contributed by atoms with Gasteiger partial charge in [0.2, 0.25) is 0 Å². The molecule has 0 unspecified atom stereocenters. The molecule has 1 aliphatic heterocycles. The topological polar surface area (TPSA) is 56.3 Å². The second kappa shape index (κ2) is 7.33. The molecule has 26 heavy (non-hydrogen) atoms. The first kappa shape index (κ1) is 16.8. The van der Waals surface area contributed by atoms with Crippen molar-refractivity contribution in [1.29, 1.82) is 0 Å². The van der Waals surface area contributed by atoms with Gasteiger partial charge in [-0.2, -0.15) is 5.10 Å². The second-order valence-electron chi connectivity index (χ2n) is 6.78. The number of aromatic nitrogens is 3. The number of ether oxygens (including phenoxy) is 1. The van der Waals surface area contributed by atoms with Crippen LogP contribution in [0.15, 0.2) is 47.1 Å². The molecule has 0 spiro atoms. The summed E-state index contributed by atoms with van der Waals surface area (Å²) in [7, 11) is 1.68. The van der Waals surface area contributed by atoms with Crippen molar-refractivity contribution < 1.29 is 9.15 Å². The van der Waals surface area contributed by atoms with Crippen LogP contribution >= 0.6 is 0 Å². The monoisotopic (exact) mass is 352 g/mol. The summed E-state index contributed by atoms with van der Waals surface area (Å²) in [5, 5.41) is 4.64. The average Bonchev–Trinajstić information content (AvgIpc) is 3.31. The lowest BCUT2D eigenvalue weighted by Crippen LogP contribution is -2.34. The van der Waals surface area contributed by atoms with Gasteiger partial charge in [0, 0.05) is 12.5 Å². The lowest BCUT2D eigenvalue weighted by Gasteiger charge is -2.31. The van der Waals surface area contributed by atoms with Gasteiger partial charge >= 0.3 is 0 Å². The highest BCUT2D eigenvalue weighted by molar-refractivity contribution is 5.37. The maximum absolute atomic E-state index is 5.51. The first-order valence-corrected chi connectivity index (χ1v) is 9.05. The van der Waals surface area contributed by atoms with Crippen LogP contribution in [0.25, 0.3) is 5.69 Å². The number of piperidine rings is 1. The highest BCUT2D eigenvalue weighted by atomic mass is 16.5. The number of hydrogen-bond acceptors (Lipinski definition) is 5. The average molecular weight is 352 g/mol. The lowest BCUT2D eigenvalue weighted by atomic mass is 9.97. The number of methoxy groups -OCH3 is 1. The van der Waals surface area contributed by atoms with Crippen molar-refractivity contribution in [3.63, 3.8) is 0 Å². The Morgan fingerprint density at radius 2 is 2.08 bits per heavy atom. The van der Waals surface area contributed by atoms with E-state index in [0.717, 1.165) is 61.3 Å². The summed E-state index contributed by atoms with van der Waals surface area (Å²) in [6.45, 7) is 4.86. The summed E-state index contributed by atoms with van der Waals surface area (Å²) in [5.41, 5.74) is 1.02. The highest BCUT2D eigenvalue weighted by Gasteiger charge is 2.26. The number of likely N-dealkylation sites (tertiary alicyclic amines) is 1. The summed E-state index contributed by atoms with van der Waals surface area (Å²) in [4.78, 5) is 7.20. The summed E-state index contributed by atoms with van der Waals surface area (Å²) < 4.78 is 12.8. The SMILES string of the molecule is COc1ccc(-n2nc(C)nc2[C@@H]2CCCN(Cc3ccco3)C2)cc1. The van der Waals surface area contributed by atoms with Crippen LogP contribution in [-0.2, 0) is 6.54 Å². The molecule has 1 aliphatic rings. The van der Waals surface area contributed by atoms with Gasteiger partial charge < -0.3 is 9.15 Å². The van der Waals surface area contributed by atoms with Gasteiger partial charge in [-0.15, -0.1) is 0 Å². The molecule has 3 heterocycles. The van der Waals surface area contributed by atoms with E-state index in [1.807, 2.05) is 48.0 Å². The first-order valence-electron chi connectivity index (χ1n) is 9.05. The number of hydrogen-bond donors (Lipinski definition) is 0. The molecule has 3 aromatic rings. The van der Waals surface area contributed by atoms with Crippen molar-refractivity contribution >= 4 is 0 Å². The third kappa shape index (κ3) is 3.51. The molecule has 1 fully saturated rings. The van der Waals surface area contributed by atoms with Crippen LogP contribution in [0.5, 0.6) is 5.75 Å². The van der Waals surface area contributed by atoms with Crippen molar-refractivity contribution in [2.24, 2.45) is 0 Å². The van der Waals surface area contributed by atoms with Gasteiger partial charge in [0.05, 0.1) is 25.6 Å². The number of benzene rings is 1. The number of furan rings is 1. The molecule has 1 saturated heterocycles. The third-order valence-corrected chi connectivity index (χ3v) is 4.89. The fourth-order valence-corrected chi connectivity index (χ4v) is 3.64. The lowest BCUT2D eigenvalue weighted by molar-refractivity contribution is 0.182. The minimum absolute atomic E-state index is 0.363. The predicted molar refractivity (Wildman–Crippen MR) is 98.6 cm³/mol. The zero-order valence-electron chi connectivity index (χ0n) is 15.3. The van der Waals surface area contributed by atoms with Gasteiger partial charge in [-0.05, 0) is 62.7 Å². The van der Waals surface area contributed by atoms with Crippen LogP contribution in [0.2, 0.25) is 0 Å². The highest BCUT2D eigenvalue weighted by Crippen LogP contribution is 2.28. The molecule has 0 amide bonds. The van der Waals surface area contributed by atoms with Crippen molar-refractivity contribution in [3.8, 4) is 11.4 Å². The van der Waals surface area contributed by atoms with Gasteiger partial charge in [-0.3, -0.25) is 4.90 Å². The molecule has 1 atom stereocenters. The molecule has 136 valence electrons. The van der Waals surface area contributed by atoms with Crippen molar-refractivity contribution in [1.82, 2.24) is 19.7 Å². The quantitative estimate of drug-likeness (QED) is 0.703. The van der Waals surface area contributed by atoms with Crippen LogP contribution in [0.3, 0.4) is 0 Å². The van der Waals surface area contributed by atoms with E-state index in [9.17, 15) is 0 Å². The van der Waals surface area contributed by atoms with E-state index in [1.54, 1.807) is 13.4 Å². The molecule has 4 rings (SSSR count). The van der Waals surface area contributed by atoms with E-state index in [0.29, 0.717) is 5.92 Å². The molecular weight excluding hydrogens is 328 g/mol. The Labute approximate surface area is 153 Å². The Kier molecular flexibility index (Phi) is 4.75. The Morgan fingerprint density at radius 1 is 1.23 bits per heavy atom. The number of aryl methyl sites for hydroxylation is 1. The van der Waals surface area contributed by atoms with Gasteiger partial charge in [0.1, 0.15) is 23.2 Å². The summed E-state index contributed by atoms with van der Waals surface area (Å²) in [6, 6.07) is 12.0. The van der Waals surface area contributed by atoms with Gasteiger partial charge in [0.15, 0.2) is 0 Å². The van der Waals surface area contributed by atoms with Crippen LogP contribution in [0.1, 0.15) is 36.2 Å². The van der Waals surface area contributed by atoms with Gasteiger partial charge in [-0.25, -0.2) is 9.67 Å². The van der Waals surface area contributed by atoms with Gasteiger partial charge in [0.25, 0.3) is 0 Å². The van der Waals surface area contributed by atoms with Crippen LogP contribution in [0, 0.1) is 6.92 Å². The van der Waals surface area contributed by atoms with Crippen molar-refractivity contribution in [2.75, 3.05) is 20.2 Å². The standard InChI is InChI=1S/C20H24N4O2/c1-15-21-20(24(22-15)17-7-9-18(25-2)10-8-17)16-5-3-11-23(13-16)14-19-6-4-12-26-19/h4,6-10,12,16H,3,5,11,13-14H2,1-2H3/t16-/m1/s1. The molecule has 0 aliphatic carbocycles. The Hall–Kier alpha value is -2.60. The van der Waals surface area contributed by atoms with Crippen molar-refractivity contribution in [2.45, 2.75) is 32.2 Å². The number of rotatable bonds is 5. The zero-order valence-corrected chi connectivity index (χ0v) is 15.3. The molecule has 2 aromatic heterocycles.